The van der Waals surface area contributed by atoms with Crippen LogP contribution >= 0.6 is 0 Å². The van der Waals surface area contributed by atoms with Gasteiger partial charge in [-0.15, -0.1) is 0 Å². The highest BCUT2D eigenvalue weighted by Crippen LogP contribution is 2.29. The normalized spacial score (nSPS) is 16.4. The van der Waals surface area contributed by atoms with Gasteiger partial charge in [-0.2, -0.15) is 0 Å². The van der Waals surface area contributed by atoms with E-state index in [1.807, 2.05) is 53.4 Å². The minimum atomic E-state index is -0.259. The number of rotatable bonds is 3. The maximum atomic E-state index is 13.3. The molecule has 0 N–H and O–H groups in total. The summed E-state index contributed by atoms with van der Waals surface area (Å²) in [6.07, 6.45) is 3.69. The van der Waals surface area contributed by atoms with Crippen LogP contribution in [0, 0.1) is 5.82 Å². The minimum Gasteiger partial charge on any atom is -0.338 e. The molecular formula is C26H22FN3O. The summed E-state index contributed by atoms with van der Waals surface area (Å²) in [5, 5.41) is 0.968. The van der Waals surface area contributed by atoms with Gasteiger partial charge >= 0.3 is 0 Å². The Hall–Kier alpha value is -3.60. The summed E-state index contributed by atoms with van der Waals surface area (Å²) in [7, 11) is 0. The number of amides is 1. The first kappa shape index (κ1) is 19.4. The average molecular weight is 411 g/mol. The highest BCUT2D eigenvalue weighted by atomic mass is 19.1. The Balaban J connectivity index is 1.37. The Morgan fingerprint density at radius 3 is 2.74 bits per heavy atom. The molecule has 0 spiro atoms. The van der Waals surface area contributed by atoms with Crippen LogP contribution in [0.4, 0.5) is 4.39 Å². The first-order chi connectivity index (χ1) is 15.2. The van der Waals surface area contributed by atoms with Crippen molar-refractivity contribution < 1.29 is 9.18 Å². The highest BCUT2D eigenvalue weighted by molar-refractivity contribution is 5.98. The van der Waals surface area contributed by atoms with Crippen LogP contribution in [0.3, 0.4) is 0 Å². The van der Waals surface area contributed by atoms with Crippen LogP contribution in [0.5, 0.6) is 0 Å². The molecule has 1 aliphatic rings. The van der Waals surface area contributed by atoms with Gasteiger partial charge in [0.25, 0.3) is 5.91 Å². The van der Waals surface area contributed by atoms with Gasteiger partial charge in [0, 0.05) is 47.4 Å². The number of hydrogen-bond donors (Lipinski definition) is 0. The number of hydrogen-bond acceptors (Lipinski definition) is 3. The summed E-state index contributed by atoms with van der Waals surface area (Å²) in [4.78, 5) is 24.3. The monoisotopic (exact) mass is 411 g/mol. The van der Waals surface area contributed by atoms with E-state index in [0.29, 0.717) is 12.1 Å². The minimum absolute atomic E-state index is 0.0464. The number of carbonyl (C=O) groups excluding carboxylic acids is 1. The molecule has 0 bridgehead atoms. The zero-order chi connectivity index (χ0) is 21.2. The molecule has 1 aliphatic heterocycles. The molecule has 2 aromatic heterocycles. The third kappa shape index (κ3) is 4.04. The van der Waals surface area contributed by atoms with Gasteiger partial charge in [0.2, 0.25) is 0 Å². The van der Waals surface area contributed by atoms with Crippen molar-refractivity contribution in [2.24, 2.45) is 0 Å². The van der Waals surface area contributed by atoms with Crippen LogP contribution in [0.15, 0.2) is 79.0 Å². The number of benzene rings is 2. The molecule has 4 aromatic rings. The lowest BCUT2D eigenvalue weighted by atomic mass is 9.93. The Kier molecular flexibility index (Phi) is 5.16. The number of aromatic nitrogens is 2. The van der Waals surface area contributed by atoms with Gasteiger partial charge < -0.3 is 4.90 Å². The van der Waals surface area contributed by atoms with Crippen molar-refractivity contribution in [2.75, 3.05) is 13.1 Å². The standard InChI is InChI=1S/C26H22FN3O/c27-22-11-8-18(9-12-22)24-6-1-7-25(29-24)21-5-3-15-30(17-21)26(31)20-10-13-23-19(16-20)4-2-14-28-23/h1-2,4,6-14,16,21H,3,5,15,17H2. The van der Waals surface area contributed by atoms with Gasteiger partial charge in [-0.1, -0.05) is 12.1 Å². The molecule has 4 nitrogen and oxygen atoms in total. The number of likely N-dealkylation sites (tertiary alicyclic amines) is 1. The Morgan fingerprint density at radius 1 is 1.00 bits per heavy atom. The quantitative estimate of drug-likeness (QED) is 0.450. The van der Waals surface area contributed by atoms with Crippen molar-refractivity contribution in [1.29, 1.82) is 0 Å². The lowest BCUT2D eigenvalue weighted by molar-refractivity contribution is 0.0706. The van der Waals surface area contributed by atoms with Crippen molar-refractivity contribution in [3.63, 3.8) is 0 Å². The molecule has 5 heteroatoms. The Labute approximate surface area is 180 Å². The first-order valence-electron chi connectivity index (χ1n) is 10.5. The zero-order valence-electron chi connectivity index (χ0n) is 17.0. The van der Waals surface area contributed by atoms with E-state index in [0.717, 1.165) is 47.2 Å². The predicted octanol–water partition coefficient (Wildman–Crippen LogP) is 5.46. The lowest BCUT2D eigenvalue weighted by Crippen LogP contribution is -2.39. The zero-order valence-corrected chi connectivity index (χ0v) is 17.0. The summed E-state index contributed by atoms with van der Waals surface area (Å²) in [5.41, 5.74) is 4.26. The summed E-state index contributed by atoms with van der Waals surface area (Å²) < 4.78 is 13.3. The van der Waals surface area contributed by atoms with Crippen molar-refractivity contribution in [3.05, 3.63) is 96.1 Å². The van der Waals surface area contributed by atoms with Crippen molar-refractivity contribution in [2.45, 2.75) is 18.8 Å². The largest absolute Gasteiger partial charge is 0.338 e. The van der Waals surface area contributed by atoms with E-state index >= 15 is 0 Å². The first-order valence-corrected chi connectivity index (χ1v) is 10.5. The third-order valence-electron chi connectivity index (χ3n) is 5.89. The van der Waals surface area contributed by atoms with Crippen LogP contribution in [-0.2, 0) is 0 Å². The van der Waals surface area contributed by atoms with E-state index in [4.69, 9.17) is 4.98 Å². The topological polar surface area (TPSA) is 46.1 Å². The van der Waals surface area contributed by atoms with Crippen LogP contribution in [0.25, 0.3) is 22.2 Å². The van der Waals surface area contributed by atoms with E-state index in [1.54, 1.807) is 18.3 Å². The number of nitrogens with zero attached hydrogens (tertiary/aromatic N) is 3. The van der Waals surface area contributed by atoms with E-state index < -0.39 is 0 Å². The van der Waals surface area contributed by atoms with Crippen LogP contribution in [-0.4, -0.2) is 33.9 Å². The fourth-order valence-corrected chi connectivity index (χ4v) is 4.25. The summed E-state index contributed by atoms with van der Waals surface area (Å²) in [6.45, 7) is 1.39. The van der Waals surface area contributed by atoms with Gasteiger partial charge in [-0.3, -0.25) is 14.8 Å². The van der Waals surface area contributed by atoms with Crippen molar-refractivity contribution in [1.82, 2.24) is 14.9 Å². The molecule has 154 valence electrons. The molecule has 5 rings (SSSR count). The molecule has 0 saturated carbocycles. The molecule has 31 heavy (non-hydrogen) atoms. The predicted molar refractivity (Wildman–Crippen MR) is 119 cm³/mol. The number of pyridine rings is 2. The molecule has 1 amide bonds. The van der Waals surface area contributed by atoms with Gasteiger partial charge in [0.15, 0.2) is 0 Å². The van der Waals surface area contributed by atoms with Crippen LogP contribution in [0.2, 0.25) is 0 Å². The third-order valence-corrected chi connectivity index (χ3v) is 5.89. The van der Waals surface area contributed by atoms with E-state index in [9.17, 15) is 9.18 Å². The second-order valence-electron chi connectivity index (χ2n) is 7.96. The fourth-order valence-electron chi connectivity index (χ4n) is 4.25. The molecule has 0 aliphatic carbocycles. The SMILES string of the molecule is O=C(c1ccc2ncccc2c1)N1CCCC(c2cccc(-c3ccc(F)cc3)n2)C1. The molecule has 1 fully saturated rings. The Morgan fingerprint density at radius 2 is 1.87 bits per heavy atom. The lowest BCUT2D eigenvalue weighted by Gasteiger charge is -2.32. The van der Waals surface area contributed by atoms with Crippen LogP contribution in [0.1, 0.15) is 34.8 Å². The summed E-state index contributed by atoms with van der Waals surface area (Å²) >= 11 is 0. The van der Waals surface area contributed by atoms with Crippen molar-refractivity contribution in [3.8, 4) is 11.3 Å². The maximum Gasteiger partial charge on any atom is 0.253 e. The number of fused-ring (bicyclic) bond motifs is 1. The number of carbonyl (C=O) groups is 1. The molecule has 0 radical (unpaired) electrons. The van der Waals surface area contributed by atoms with E-state index in [2.05, 4.69) is 4.98 Å². The average Bonchev–Trinajstić information content (AvgIpc) is 2.84. The molecule has 1 atom stereocenters. The molecular weight excluding hydrogens is 389 g/mol. The Bertz CT molecular complexity index is 1240. The van der Waals surface area contributed by atoms with Gasteiger partial charge in [0.05, 0.1) is 11.2 Å². The van der Waals surface area contributed by atoms with Gasteiger partial charge in [-0.05, 0) is 73.5 Å². The van der Waals surface area contributed by atoms with Crippen LogP contribution < -0.4 is 0 Å². The van der Waals surface area contributed by atoms with Gasteiger partial charge in [-0.25, -0.2) is 4.39 Å². The summed E-state index contributed by atoms with van der Waals surface area (Å²) in [5.74, 6) is -0.0313. The van der Waals surface area contributed by atoms with E-state index in [1.165, 1.54) is 12.1 Å². The van der Waals surface area contributed by atoms with E-state index in [-0.39, 0.29) is 17.6 Å². The van der Waals surface area contributed by atoms with Crippen molar-refractivity contribution >= 4 is 16.8 Å². The molecule has 1 saturated heterocycles. The highest BCUT2D eigenvalue weighted by Gasteiger charge is 2.26. The number of halogens is 1. The maximum absolute atomic E-state index is 13.3. The number of piperidine rings is 1. The smallest absolute Gasteiger partial charge is 0.253 e. The fraction of sp³-hybridized carbons (Fsp3) is 0.192. The second-order valence-corrected chi connectivity index (χ2v) is 7.96. The molecule has 1 unspecified atom stereocenters. The molecule has 2 aromatic carbocycles. The summed E-state index contributed by atoms with van der Waals surface area (Å²) in [6, 6.07) is 21.9. The second kappa shape index (κ2) is 8.26. The molecule has 3 heterocycles. The van der Waals surface area contributed by atoms with Gasteiger partial charge in [0.1, 0.15) is 5.82 Å².